The van der Waals surface area contributed by atoms with Crippen molar-refractivity contribution >= 4 is 0 Å². The molecule has 0 amide bonds. The van der Waals surface area contributed by atoms with Crippen LogP contribution in [-0.4, -0.2) is 19.8 Å². The molecule has 0 aliphatic carbocycles. The molecule has 1 aliphatic rings. The van der Waals surface area contributed by atoms with Crippen LogP contribution in [0.2, 0.25) is 0 Å². The van der Waals surface area contributed by atoms with Crippen LogP contribution in [0, 0.1) is 0 Å². The molecule has 1 aliphatic heterocycles. The first-order chi connectivity index (χ1) is 7.83. The molecule has 0 saturated carbocycles. The average molecular weight is 218 g/mol. The van der Waals surface area contributed by atoms with Crippen LogP contribution in [0.15, 0.2) is 36.9 Å². The molecule has 0 bridgehead atoms. The van der Waals surface area contributed by atoms with Gasteiger partial charge in [0.25, 0.3) is 0 Å². The second kappa shape index (κ2) is 5.17. The first-order valence-corrected chi connectivity index (χ1v) is 5.71. The number of epoxide rings is 1. The highest BCUT2D eigenvalue weighted by Crippen LogP contribution is 2.27. The molecular formula is C14H18O2. The highest BCUT2D eigenvalue weighted by Gasteiger charge is 2.23. The van der Waals surface area contributed by atoms with Crippen molar-refractivity contribution in [1.82, 2.24) is 0 Å². The van der Waals surface area contributed by atoms with Gasteiger partial charge in [0.1, 0.15) is 5.75 Å². The predicted octanol–water partition coefficient (Wildman–Crippen LogP) is 3.14. The van der Waals surface area contributed by atoms with Gasteiger partial charge in [-0.2, -0.15) is 0 Å². The molecule has 1 aromatic carbocycles. The van der Waals surface area contributed by atoms with Gasteiger partial charge in [-0.1, -0.05) is 18.2 Å². The lowest BCUT2D eigenvalue weighted by Gasteiger charge is -2.12. The van der Waals surface area contributed by atoms with Gasteiger partial charge in [0.15, 0.2) is 0 Å². The minimum absolute atomic E-state index is 0.426. The largest absolute Gasteiger partial charge is 0.497 e. The average Bonchev–Trinajstić information content (AvgIpc) is 3.15. The number of methoxy groups -OCH3 is 1. The molecule has 1 fully saturated rings. The van der Waals surface area contributed by atoms with E-state index in [0.717, 1.165) is 25.2 Å². The summed E-state index contributed by atoms with van der Waals surface area (Å²) in [6.07, 6.45) is 4.76. The number of rotatable bonds is 6. The Kier molecular flexibility index (Phi) is 3.62. The van der Waals surface area contributed by atoms with Gasteiger partial charge in [0.2, 0.25) is 0 Å². The lowest BCUT2D eigenvalue weighted by molar-refractivity contribution is 0.388. The molecule has 1 aromatic rings. The normalized spacial score (nSPS) is 20.2. The van der Waals surface area contributed by atoms with E-state index in [2.05, 4.69) is 18.7 Å². The number of ether oxygens (including phenoxy) is 2. The molecule has 16 heavy (non-hydrogen) atoms. The van der Waals surface area contributed by atoms with E-state index in [-0.39, 0.29) is 0 Å². The topological polar surface area (TPSA) is 21.8 Å². The minimum atomic E-state index is 0.426. The maximum atomic E-state index is 5.22. The van der Waals surface area contributed by atoms with Crippen molar-refractivity contribution in [3.63, 3.8) is 0 Å². The first kappa shape index (κ1) is 11.2. The maximum Gasteiger partial charge on any atom is 0.118 e. The van der Waals surface area contributed by atoms with Crippen LogP contribution < -0.4 is 4.74 Å². The molecule has 2 atom stereocenters. The SMILES string of the molecule is C=CC(CCC1CO1)c1ccc(OC)cc1. The second-order valence-electron chi connectivity index (χ2n) is 4.15. The van der Waals surface area contributed by atoms with Crippen molar-refractivity contribution in [3.05, 3.63) is 42.5 Å². The molecule has 2 nitrogen and oxygen atoms in total. The van der Waals surface area contributed by atoms with Crippen LogP contribution in [0.3, 0.4) is 0 Å². The Bertz CT molecular complexity index is 338. The van der Waals surface area contributed by atoms with Gasteiger partial charge in [0.05, 0.1) is 19.8 Å². The van der Waals surface area contributed by atoms with Crippen molar-refractivity contribution in [2.24, 2.45) is 0 Å². The Morgan fingerprint density at radius 3 is 2.69 bits per heavy atom. The zero-order valence-corrected chi connectivity index (χ0v) is 9.69. The third-order valence-electron chi connectivity index (χ3n) is 3.03. The summed E-state index contributed by atoms with van der Waals surface area (Å²) >= 11 is 0. The monoisotopic (exact) mass is 218 g/mol. The predicted molar refractivity (Wildman–Crippen MR) is 64.9 cm³/mol. The van der Waals surface area contributed by atoms with Gasteiger partial charge in [-0.15, -0.1) is 6.58 Å². The fraction of sp³-hybridized carbons (Fsp3) is 0.429. The van der Waals surface area contributed by atoms with Crippen molar-refractivity contribution in [1.29, 1.82) is 0 Å². The van der Waals surface area contributed by atoms with E-state index in [0.29, 0.717) is 12.0 Å². The number of allylic oxidation sites excluding steroid dienone is 1. The van der Waals surface area contributed by atoms with Crippen molar-refractivity contribution in [2.45, 2.75) is 24.9 Å². The molecule has 2 heteroatoms. The van der Waals surface area contributed by atoms with Crippen LogP contribution in [0.25, 0.3) is 0 Å². The summed E-state index contributed by atoms with van der Waals surface area (Å²) in [7, 11) is 1.68. The smallest absolute Gasteiger partial charge is 0.118 e. The van der Waals surface area contributed by atoms with Crippen molar-refractivity contribution in [2.75, 3.05) is 13.7 Å². The summed E-state index contributed by atoms with van der Waals surface area (Å²) in [6, 6.07) is 8.22. The third kappa shape index (κ3) is 2.86. The van der Waals surface area contributed by atoms with Gasteiger partial charge >= 0.3 is 0 Å². The third-order valence-corrected chi connectivity index (χ3v) is 3.03. The van der Waals surface area contributed by atoms with E-state index < -0.39 is 0 Å². The van der Waals surface area contributed by atoms with Crippen LogP contribution >= 0.6 is 0 Å². The van der Waals surface area contributed by atoms with Gasteiger partial charge in [0, 0.05) is 5.92 Å². The van der Waals surface area contributed by atoms with Gasteiger partial charge in [-0.3, -0.25) is 0 Å². The Morgan fingerprint density at radius 1 is 1.50 bits per heavy atom. The standard InChI is InChI=1S/C14H18O2/c1-3-11(4-9-14-10-16-14)12-5-7-13(15-2)8-6-12/h3,5-8,11,14H,1,4,9-10H2,2H3. The fourth-order valence-electron chi connectivity index (χ4n) is 1.87. The molecule has 0 N–H and O–H groups in total. The molecular weight excluding hydrogens is 200 g/mol. The summed E-state index contributed by atoms with van der Waals surface area (Å²) in [5.41, 5.74) is 1.30. The summed E-state index contributed by atoms with van der Waals surface area (Å²) in [5, 5.41) is 0. The molecule has 0 spiro atoms. The van der Waals surface area contributed by atoms with E-state index in [1.807, 2.05) is 18.2 Å². The van der Waals surface area contributed by atoms with E-state index in [1.54, 1.807) is 7.11 Å². The Hall–Kier alpha value is -1.28. The second-order valence-corrected chi connectivity index (χ2v) is 4.15. The van der Waals surface area contributed by atoms with E-state index in [4.69, 9.17) is 9.47 Å². The van der Waals surface area contributed by atoms with Gasteiger partial charge < -0.3 is 9.47 Å². The van der Waals surface area contributed by atoms with E-state index in [1.165, 1.54) is 5.56 Å². The molecule has 1 heterocycles. The van der Waals surface area contributed by atoms with Gasteiger partial charge in [-0.25, -0.2) is 0 Å². The number of benzene rings is 1. The van der Waals surface area contributed by atoms with E-state index in [9.17, 15) is 0 Å². The number of hydrogen-bond donors (Lipinski definition) is 0. The Morgan fingerprint density at radius 2 is 2.19 bits per heavy atom. The molecule has 2 rings (SSSR count). The zero-order chi connectivity index (χ0) is 11.4. The van der Waals surface area contributed by atoms with Crippen LogP contribution in [0.5, 0.6) is 5.75 Å². The van der Waals surface area contributed by atoms with Crippen LogP contribution in [0.1, 0.15) is 24.3 Å². The molecule has 0 aromatic heterocycles. The molecule has 86 valence electrons. The fourth-order valence-corrected chi connectivity index (χ4v) is 1.87. The first-order valence-electron chi connectivity index (χ1n) is 5.71. The van der Waals surface area contributed by atoms with Gasteiger partial charge in [-0.05, 0) is 30.5 Å². The minimum Gasteiger partial charge on any atom is -0.497 e. The maximum absolute atomic E-state index is 5.22. The van der Waals surface area contributed by atoms with E-state index >= 15 is 0 Å². The number of hydrogen-bond acceptors (Lipinski definition) is 2. The molecule has 1 saturated heterocycles. The zero-order valence-electron chi connectivity index (χ0n) is 9.69. The van der Waals surface area contributed by atoms with Crippen LogP contribution in [-0.2, 0) is 4.74 Å². The summed E-state index contributed by atoms with van der Waals surface area (Å²) < 4.78 is 10.4. The lowest BCUT2D eigenvalue weighted by atomic mass is 9.94. The summed E-state index contributed by atoms with van der Waals surface area (Å²) in [6.45, 7) is 4.84. The lowest BCUT2D eigenvalue weighted by Crippen LogP contribution is -1.97. The Balaban J connectivity index is 1.97. The summed E-state index contributed by atoms with van der Waals surface area (Å²) in [5.74, 6) is 1.33. The highest BCUT2D eigenvalue weighted by atomic mass is 16.6. The molecule has 0 radical (unpaired) electrons. The highest BCUT2D eigenvalue weighted by molar-refractivity contribution is 5.31. The van der Waals surface area contributed by atoms with Crippen LogP contribution in [0.4, 0.5) is 0 Å². The Labute approximate surface area is 96.9 Å². The van der Waals surface area contributed by atoms with Crippen molar-refractivity contribution < 1.29 is 9.47 Å². The molecule has 2 unspecified atom stereocenters. The quantitative estimate of drug-likeness (QED) is 0.540. The van der Waals surface area contributed by atoms with Crippen molar-refractivity contribution in [3.8, 4) is 5.75 Å². The summed E-state index contributed by atoms with van der Waals surface area (Å²) in [4.78, 5) is 0.